The molecule has 9 heavy (non-hydrogen) atoms. The zero-order valence-electron chi connectivity index (χ0n) is 4.86. The summed E-state index contributed by atoms with van der Waals surface area (Å²) in [6.07, 6.45) is 2.65. The highest BCUT2D eigenvalue weighted by Gasteiger charge is 2.32. The van der Waals surface area contributed by atoms with Crippen LogP contribution in [0.15, 0.2) is 12.2 Å². The fourth-order valence-corrected chi connectivity index (χ4v) is 1.05. The minimum absolute atomic E-state index is 0.0819. The Morgan fingerprint density at radius 2 is 2.33 bits per heavy atom. The van der Waals surface area contributed by atoms with Gasteiger partial charge in [-0.3, -0.25) is 0 Å². The standard InChI is InChI=1S/C6H8O3/c7-5-2-1-4-3-8-6(5)9-4/h1-2,4-7H,3H2/t4?,5-,6+/m0/s1. The average molecular weight is 128 g/mol. The molecule has 2 aliphatic heterocycles. The zero-order valence-corrected chi connectivity index (χ0v) is 4.86. The molecule has 1 N–H and O–H groups in total. The summed E-state index contributed by atoms with van der Waals surface area (Å²) in [7, 11) is 0. The van der Waals surface area contributed by atoms with Crippen molar-refractivity contribution in [3.8, 4) is 0 Å². The van der Waals surface area contributed by atoms with Crippen LogP contribution in [0.25, 0.3) is 0 Å². The molecule has 0 amide bonds. The van der Waals surface area contributed by atoms with E-state index in [-0.39, 0.29) is 6.10 Å². The maximum atomic E-state index is 9.06. The van der Waals surface area contributed by atoms with Crippen LogP contribution in [0.5, 0.6) is 0 Å². The molecule has 0 aliphatic carbocycles. The molecule has 0 aromatic carbocycles. The van der Waals surface area contributed by atoms with Crippen molar-refractivity contribution in [1.29, 1.82) is 0 Å². The van der Waals surface area contributed by atoms with E-state index in [1.54, 1.807) is 6.08 Å². The van der Waals surface area contributed by atoms with Crippen molar-refractivity contribution in [2.24, 2.45) is 0 Å². The first kappa shape index (κ1) is 5.41. The number of rotatable bonds is 0. The van der Waals surface area contributed by atoms with Crippen LogP contribution < -0.4 is 0 Å². The molecule has 3 atom stereocenters. The van der Waals surface area contributed by atoms with Crippen LogP contribution in [0.1, 0.15) is 0 Å². The highest BCUT2D eigenvalue weighted by atomic mass is 16.7. The molecule has 50 valence electrons. The van der Waals surface area contributed by atoms with Crippen LogP contribution >= 0.6 is 0 Å². The van der Waals surface area contributed by atoms with E-state index in [0.717, 1.165) is 0 Å². The Morgan fingerprint density at radius 1 is 1.44 bits per heavy atom. The van der Waals surface area contributed by atoms with Gasteiger partial charge in [0.2, 0.25) is 0 Å². The van der Waals surface area contributed by atoms with Gasteiger partial charge in [-0.1, -0.05) is 12.2 Å². The van der Waals surface area contributed by atoms with Gasteiger partial charge in [0.15, 0.2) is 6.29 Å². The van der Waals surface area contributed by atoms with Crippen LogP contribution in [0.4, 0.5) is 0 Å². The van der Waals surface area contributed by atoms with Gasteiger partial charge < -0.3 is 14.6 Å². The fourth-order valence-electron chi connectivity index (χ4n) is 1.05. The lowest BCUT2D eigenvalue weighted by Gasteiger charge is -2.17. The second kappa shape index (κ2) is 1.80. The van der Waals surface area contributed by atoms with Gasteiger partial charge in [-0.25, -0.2) is 0 Å². The van der Waals surface area contributed by atoms with Crippen LogP contribution in [0.2, 0.25) is 0 Å². The third kappa shape index (κ3) is 0.775. The second-order valence-corrected chi connectivity index (χ2v) is 2.25. The molecule has 2 aliphatic rings. The number of hydrogen-bond donors (Lipinski definition) is 1. The van der Waals surface area contributed by atoms with Crippen LogP contribution in [0.3, 0.4) is 0 Å². The van der Waals surface area contributed by atoms with E-state index in [1.165, 1.54) is 0 Å². The van der Waals surface area contributed by atoms with Crippen molar-refractivity contribution in [3.63, 3.8) is 0 Å². The Hall–Kier alpha value is -0.380. The molecule has 0 radical (unpaired) electrons. The van der Waals surface area contributed by atoms with Crippen LogP contribution in [-0.4, -0.2) is 30.2 Å². The predicted molar refractivity (Wildman–Crippen MR) is 29.8 cm³/mol. The Kier molecular flexibility index (Phi) is 1.08. The molecule has 0 spiro atoms. The minimum Gasteiger partial charge on any atom is -0.384 e. The number of aliphatic hydroxyl groups is 1. The molecular weight excluding hydrogens is 120 g/mol. The maximum absolute atomic E-state index is 9.06. The zero-order chi connectivity index (χ0) is 6.27. The van der Waals surface area contributed by atoms with E-state index in [0.29, 0.717) is 6.61 Å². The van der Waals surface area contributed by atoms with E-state index in [2.05, 4.69) is 0 Å². The molecule has 1 unspecified atom stereocenters. The van der Waals surface area contributed by atoms with Gasteiger partial charge in [0.1, 0.15) is 12.2 Å². The average Bonchev–Trinajstić information content (AvgIpc) is 2.25. The van der Waals surface area contributed by atoms with E-state index in [1.807, 2.05) is 6.08 Å². The SMILES string of the molecule is O[C@H]1C=CC2CO[C@@H]1O2. The molecule has 1 fully saturated rings. The Bertz CT molecular complexity index is 143. The van der Waals surface area contributed by atoms with Gasteiger partial charge >= 0.3 is 0 Å². The lowest BCUT2D eigenvalue weighted by Crippen LogP contribution is -2.28. The molecular formula is C6H8O3. The number of fused-ring (bicyclic) bond motifs is 2. The molecule has 3 heteroatoms. The lowest BCUT2D eigenvalue weighted by molar-refractivity contribution is -0.115. The molecule has 0 aromatic rings. The Balaban J connectivity index is 2.19. The van der Waals surface area contributed by atoms with Crippen molar-refractivity contribution in [1.82, 2.24) is 0 Å². The van der Waals surface area contributed by atoms with Crippen molar-refractivity contribution in [2.45, 2.75) is 18.5 Å². The third-order valence-corrected chi connectivity index (χ3v) is 1.54. The first-order chi connectivity index (χ1) is 4.36. The predicted octanol–water partition coefficient (Wildman–Crippen LogP) is -0.341. The highest BCUT2D eigenvalue weighted by molar-refractivity contribution is 5.02. The van der Waals surface area contributed by atoms with E-state index in [9.17, 15) is 0 Å². The van der Waals surface area contributed by atoms with E-state index in [4.69, 9.17) is 14.6 Å². The summed E-state index contributed by atoms with van der Waals surface area (Å²) in [5, 5.41) is 9.06. The number of aliphatic hydroxyl groups excluding tert-OH is 1. The van der Waals surface area contributed by atoms with Crippen LogP contribution in [-0.2, 0) is 9.47 Å². The number of ether oxygens (including phenoxy) is 2. The molecule has 3 nitrogen and oxygen atoms in total. The molecule has 0 aromatic heterocycles. The lowest BCUT2D eigenvalue weighted by atomic mass is 10.2. The smallest absolute Gasteiger partial charge is 0.188 e. The monoisotopic (exact) mass is 128 g/mol. The minimum atomic E-state index is -0.566. The van der Waals surface area contributed by atoms with E-state index < -0.39 is 12.4 Å². The summed E-state index contributed by atoms with van der Waals surface area (Å²) in [5.74, 6) is 0. The Morgan fingerprint density at radius 3 is 3.11 bits per heavy atom. The largest absolute Gasteiger partial charge is 0.384 e. The fraction of sp³-hybridized carbons (Fsp3) is 0.667. The summed E-state index contributed by atoms with van der Waals surface area (Å²) < 4.78 is 10.2. The van der Waals surface area contributed by atoms with Crippen molar-refractivity contribution in [2.75, 3.05) is 6.61 Å². The highest BCUT2D eigenvalue weighted by Crippen LogP contribution is 2.20. The van der Waals surface area contributed by atoms with E-state index >= 15 is 0 Å². The molecule has 0 saturated carbocycles. The van der Waals surface area contributed by atoms with Gasteiger partial charge in [0, 0.05) is 0 Å². The Labute approximate surface area is 52.9 Å². The van der Waals surface area contributed by atoms with Gasteiger partial charge in [-0.05, 0) is 0 Å². The summed E-state index contributed by atoms with van der Waals surface area (Å²) in [6.45, 7) is 0.582. The summed E-state index contributed by atoms with van der Waals surface area (Å²) in [6, 6.07) is 0. The first-order valence-corrected chi connectivity index (χ1v) is 3.00. The normalized spacial score (nSPS) is 47.9. The molecule has 2 bridgehead atoms. The van der Waals surface area contributed by atoms with Gasteiger partial charge in [0.05, 0.1) is 6.61 Å². The van der Waals surface area contributed by atoms with Crippen molar-refractivity contribution < 1.29 is 14.6 Å². The van der Waals surface area contributed by atoms with Gasteiger partial charge in [-0.2, -0.15) is 0 Å². The topological polar surface area (TPSA) is 38.7 Å². The summed E-state index contributed by atoms with van der Waals surface area (Å²) in [5.41, 5.74) is 0. The van der Waals surface area contributed by atoms with Crippen molar-refractivity contribution in [3.05, 3.63) is 12.2 Å². The quantitative estimate of drug-likeness (QED) is 0.453. The maximum Gasteiger partial charge on any atom is 0.188 e. The molecule has 2 heterocycles. The third-order valence-electron chi connectivity index (χ3n) is 1.54. The summed E-state index contributed by atoms with van der Waals surface area (Å²) in [4.78, 5) is 0. The molecule has 1 saturated heterocycles. The first-order valence-electron chi connectivity index (χ1n) is 3.00. The number of hydrogen-bond acceptors (Lipinski definition) is 3. The van der Waals surface area contributed by atoms with Crippen LogP contribution in [0, 0.1) is 0 Å². The molecule has 2 rings (SSSR count). The van der Waals surface area contributed by atoms with Gasteiger partial charge in [-0.15, -0.1) is 0 Å². The van der Waals surface area contributed by atoms with Gasteiger partial charge in [0.25, 0.3) is 0 Å². The van der Waals surface area contributed by atoms with Crippen molar-refractivity contribution >= 4 is 0 Å². The second-order valence-electron chi connectivity index (χ2n) is 2.25. The summed E-state index contributed by atoms with van der Waals surface area (Å²) >= 11 is 0.